The minimum absolute atomic E-state index is 0.121. The molecule has 3 rings (SSSR count). The summed E-state index contributed by atoms with van der Waals surface area (Å²) in [5, 5.41) is 6.30. The van der Waals surface area contributed by atoms with E-state index >= 15 is 0 Å². The molecule has 1 aliphatic carbocycles. The Balaban J connectivity index is 2.21. The first-order valence-corrected chi connectivity index (χ1v) is 11.5. The molecule has 0 fully saturated rings. The maximum atomic E-state index is 13.2. The molecular formula is C26H35N3O5. The van der Waals surface area contributed by atoms with Gasteiger partial charge in [0, 0.05) is 19.0 Å². The Bertz CT molecular complexity index is 1100. The predicted molar refractivity (Wildman–Crippen MR) is 134 cm³/mol. The summed E-state index contributed by atoms with van der Waals surface area (Å²) in [5.41, 5.74) is 3.83. The Morgan fingerprint density at radius 3 is 2.44 bits per heavy atom. The van der Waals surface area contributed by atoms with Gasteiger partial charge in [-0.3, -0.25) is 9.59 Å². The monoisotopic (exact) mass is 469 g/mol. The molecule has 1 atom stereocenters. The van der Waals surface area contributed by atoms with Crippen LogP contribution < -0.4 is 30.3 Å². The first-order chi connectivity index (χ1) is 16.3. The molecule has 2 aromatic carbocycles. The van der Waals surface area contributed by atoms with Gasteiger partial charge in [0.2, 0.25) is 17.1 Å². The summed E-state index contributed by atoms with van der Waals surface area (Å²) in [6, 6.07) is 7.01. The second-order valence-corrected chi connectivity index (χ2v) is 8.68. The van der Waals surface area contributed by atoms with E-state index < -0.39 is 0 Å². The Morgan fingerprint density at radius 1 is 1.09 bits per heavy atom. The number of aryl methyl sites for hydroxylation is 1. The van der Waals surface area contributed by atoms with Gasteiger partial charge in [0.25, 0.3) is 0 Å². The van der Waals surface area contributed by atoms with Crippen molar-refractivity contribution in [2.24, 2.45) is 0 Å². The summed E-state index contributed by atoms with van der Waals surface area (Å²) in [6.45, 7) is 3.10. The van der Waals surface area contributed by atoms with Gasteiger partial charge < -0.3 is 29.7 Å². The number of carbonyl (C=O) groups is 1. The van der Waals surface area contributed by atoms with Gasteiger partial charge in [-0.15, -0.1) is 0 Å². The van der Waals surface area contributed by atoms with Gasteiger partial charge in [-0.2, -0.15) is 0 Å². The molecule has 0 radical (unpaired) electrons. The van der Waals surface area contributed by atoms with E-state index in [0.717, 1.165) is 35.2 Å². The summed E-state index contributed by atoms with van der Waals surface area (Å²) in [4.78, 5) is 27.3. The molecule has 1 amide bonds. The molecular weight excluding hydrogens is 434 g/mol. The van der Waals surface area contributed by atoms with Gasteiger partial charge in [-0.05, 0) is 74.8 Å². The van der Waals surface area contributed by atoms with Crippen molar-refractivity contribution in [3.8, 4) is 28.4 Å². The van der Waals surface area contributed by atoms with Gasteiger partial charge >= 0.3 is 0 Å². The van der Waals surface area contributed by atoms with Crippen LogP contribution in [0.3, 0.4) is 0 Å². The maximum Gasteiger partial charge on any atom is 0.217 e. The molecule has 0 aliphatic heterocycles. The van der Waals surface area contributed by atoms with E-state index in [1.807, 2.05) is 32.3 Å². The van der Waals surface area contributed by atoms with E-state index in [2.05, 4.69) is 15.5 Å². The van der Waals surface area contributed by atoms with Crippen LogP contribution in [0.5, 0.6) is 17.2 Å². The second kappa shape index (κ2) is 11.2. The quantitative estimate of drug-likeness (QED) is 0.545. The van der Waals surface area contributed by atoms with Gasteiger partial charge in [-0.1, -0.05) is 6.07 Å². The molecule has 0 bridgehead atoms. The van der Waals surface area contributed by atoms with Crippen LogP contribution in [0.1, 0.15) is 36.9 Å². The number of ether oxygens (including phenoxy) is 3. The summed E-state index contributed by atoms with van der Waals surface area (Å²) >= 11 is 0. The fourth-order valence-electron chi connectivity index (χ4n) is 4.47. The van der Waals surface area contributed by atoms with Gasteiger partial charge in [0.15, 0.2) is 11.5 Å². The Hall–Kier alpha value is -3.26. The number of rotatable bonds is 9. The zero-order valence-electron chi connectivity index (χ0n) is 20.9. The minimum atomic E-state index is -0.316. The van der Waals surface area contributed by atoms with Crippen molar-refractivity contribution >= 4 is 11.6 Å². The summed E-state index contributed by atoms with van der Waals surface area (Å²) in [5.74, 6) is 1.46. The standard InChI is InChI=1S/C26H35N3O5/c1-16(30)28-20-10-8-17-14-23(32-4)25(33-5)26(34-6)24(17)18-9-11-21(22(31)15-19(18)20)27-12-7-13-29(2)3/h9,11,14-15,20H,7-8,10,12-13H2,1-6H3,(H,27,31)(H,28,30)/t20-/m1/s1. The van der Waals surface area contributed by atoms with Crippen LogP contribution in [-0.4, -0.2) is 59.3 Å². The molecule has 184 valence electrons. The maximum absolute atomic E-state index is 13.2. The zero-order valence-corrected chi connectivity index (χ0v) is 20.9. The number of nitrogens with zero attached hydrogens (tertiary/aromatic N) is 1. The Morgan fingerprint density at radius 2 is 1.82 bits per heavy atom. The Labute approximate surface area is 201 Å². The number of hydrogen-bond acceptors (Lipinski definition) is 7. The normalized spacial score (nSPS) is 14.5. The number of amides is 1. The topological polar surface area (TPSA) is 89.1 Å². The highest BCUT2D eigenvalue weighted by Crippen LogP contribution is 2.50. The minimum Gasteiger partial charge on any atom is -0.493 e. The highest BCUT2D eigenvalue weighted by molar-refractivity contribution is 5.83. The van der Waals surface area contributed by atoms with Crippen LogP contribution in [0, 0.1) is 0 Å². The molecule has 0 spiro atoms. The number of methoxy groups -OCH3 is 3. The number of hydrogen-bond donors (Lipinski definition) is 2. The van der Waals surface area contributed by atoms with Crippen molar-refractivity contribution in [3.05, 3.63) is 45.6 Å². The lowest BCUT2D eigenvalue weighted by molar-refractivity contribution is -0.119. The first kappa shape index (κ1) is 25.4. The highest BCUT2D eigenvalue weighted by Gasteiger charge is 2.29. The largest absolute Gasteiger partial charge is 0.493 e. The number of benzene rings is 1. The van der Waals surface area contributed by atoms with Crippen molar-refractivity contribution in [2.75, 3.05) is 53.8 Å². The molecule has 2 N–H and O–H groups in total. The number of nitrogens with one attached hydrogen (secondary N) is 2. The van der Waals surface area contributed by atoms with Crippen LogP contribution in [0.4, 0.5) is 5.69 Å². The summed E-state index contributed by atoms with van der Waals surface area (Å²) in [6.07, 6.45) is 2.21. The molecule has 1 aliphatic rings. The van der Waals surface area contributed by atoms with Crippen LogP contribution in [0.15, 0.2) is 29.1 Å². The van der Waals surface area contributed by atoms with Crippen molar-refractivity contribution in [2.45, 2.75) is 32.2 Å². The fraction of sp³-hybridized carbons (Fsp3) is 0.462. The summed E-state index contributed by atoms with van der Waals surface area (Å²) < 4.78 is 17.0. The van der Waals surface area contributed by atoms with Crippen molar-refractivity contribution in [3.63, 3.8) is 0 Å². The second-order valence-electron chi connectivity index (χ2n) is 8.68. The molecule has 0 saturated carbocycles. The SMILES string of the molecule is COc1cc2c(c(OC)c1OC)-c1ccc(NCCCN(C)C)c(=O)cc1[C@H](NC(C)=O)CC2. The molecule has 0 aromatic heterocycles. The van der Waals surface area contributed by atoms with Gasteiger partial charge in [0.05, 0.1) is 33.1 Å². The average Bonchev–Trinajstić information content (AvgIpc) is 3.04. The lowest BCUT2D eigenvalue weighted by atomic mass is 9.95. The van der Waals surface area contributed by atoms with E-state index in [9.17, 15) is 9.59 Å². The van der Waals surface area contributed by atoms with Gasteiger partial charge in [-0.25, -0.2) is 0 Å². The van der Waals surface area contributed by atoms with Crippen molar-refractivity contribution in [1.29, 1.82) is 0 Å². The molecule has 0 saturated heterocycles. The average molecular weight is 470 g/mol. The van der Waals surface area contributed by atoms with E-state index in [4.69, 9.17) is 14.2 Å². The summed E-state index contributed by atoms with van der Waals surface area (Å²) in [7, 11) is 8.80. The fourth-order valence-corrected chi connectivity index (χ4v) is 4.47. The van der Waals surface area contributed by atoms with Crippen LogP contribution >= 0.6 is 0 Å². The molecule has 2 aromatic rings. The van der Waals surface area contributed by atoms with Crippen LogP contribution in [-0.2, 0) is 11.2 Å². The third kappa shape index (κ3) is 5.44. The van der Waals surface area contributed by atoms with E-state index in [-0.39, 0.29) is 17.4 Å². The van der Waals surface area contributed by atoms with Gasteiger partial charge in [0.1, 0.15) is 0 Å². The van der Waals surface area contributed by atoms with Crippen LogP contribution in [0.2, 0.25) is 0 Å². The lowest BCUT2D eigenvalue weighted by Crippen LogP contribution is -2.26. The molecule has 8 nitrogen and oxygen atoms in total. The zero-order chi connectivity index (χ0) is 24.8. The third-order valence-electron chi connectivity index (χ3n) is 6.01. The molecule has 0 heterocycles. The first-order valence-electron chi connectivity index (χ1n) is 11.5. The molecule has 8 heteroatoms. The molecule has 0 unspecified atom stereocenters. The van der Waals surface area contributed by atoms with Crippen molar-refractivity contribution in [1.82, 2.24) is 10.2 Å². The van der Waals surface area contributed by atoms with E-state index in [1.165, 1.54) is 6.92 Å². The van der Waals surface area contributed by atoms with E-state index in [1.54, 1.807) is 27.4 Å². The van der Waals surface area contributed by atoms with Crippen LogP contribution in [0.25, 0.3) is 11.1 Å². The number of fused-ring (bicyclic) bond motifs is 3. The number of carbonyl (C=O) groups excluding carboxylic acids is 1. The smallest absolute Gasteiger partial charge is 0.217 e. The van der Waals surface area contributed by atoms with E-state index in [0.29, 0.717) is 42.3 Å². The lowest BCUT2D eigenvalue weighted by Gasteiger charge is -2.19. The van der Waals surface area contributed by atoms with Crippen molar-refractivity contribution < 1.29 is 19.0 Å². The molecule has 34 heavy (non-hydrogen) atoms. The predicted octanol–water partition coefficient (Wildman–Crippen LogP) is 3.23. The Kier molecular flexibility index (Phi) is 8.39. The number of anilines is 1. The third-order valence-corrected chi connectivity index (χ3v) is 6.01. The highest BCUT2D eigenvalue weighted by atomic mass is 16.5.